The third kappa shape index (κ3) is 5.04. The molecule has 1 aliphatic heterocycles. The van der Waals surface area contributed by atoms with E-state index in [-0.39, 0.29) is 6.17 Å². The fraction of sp³-hybridized carbons (Fsp3) is 0.105. The van der Waals surface area contributed by atoms with Gasteiger partial charge in [-0.1, -0.05) is 103 Å². The Kier molecular flexibility index (Phi) is 6.73. The molecule has 4 heteroatoms. The summed E-state index contributed by atoms with van der Waals surface area (Å²) in [5.41, 5.74) is 16.3. The van der Waals surface area contributed by atoms with Crippen molar-refractivity contribution in [2.75, 3.05) is 5.73 Å². The molecule has 0 bridgehead atoms. The lowest BCUT2D eigenvalue weighted by atomic mass is 9.91. The average Bonchev–Trinajstić information content (AvgIpc) is 3.05. The summed E-state index contributed by atoms with van der Waals surface area (Å²) in [6, 6.07) is 38.3. The van der Waals surface area contributed by atoms with E-state index in [1.54, 1.807) is 0 Å². The van der Waals surface area contributed by atoms with Crippen LogP contribution in [0, 0.1) is 0 Å². The maximum Gasteiger partial charge on any atom is 0.169 e. The highest BCUT2D eigenvalue weighted by molar-refractivity contribution is 6.17. The van der Waals surface area contributed by atoms with E-state index in [0.717, 1.165) is 58.0 Å². The molecular weight excluding hydrogens is 512 g/mol. The highest BCUT2D eigenvalue weighted by Gasteiger charge is 2.24. The normalized spacial score (nSPS) is 16.4. The minimum Gasteiger partial charge on any atom is -0.398 e. The number of nitrogens with zero attached hydrogens (tertiary/aromatic N) is 2. The zero-order valence-corrected chi connectivity index (χ0v) is 23.6. The number of amidine groups is 2. The van der Waals surface area contributed by atoms with Crippen LogP contribution in [0.3, 0.4) is 0 Å². The monoisotopic (exact) mass is 544 g/mol. The lowest BCUT2D eigenvalue weighted by molar-refractivity contribution is 0.752. The van der Waals surface area contributed by atoms with Gasteiger partial charge in [0.25, 0.3) is 0 Å². The minimum atomic E-state index is -0.375. The Labute approximate surface area is 246 Å². The molecule has 7 rings (SSSR count). The van der Waals surface area contributed by atoms with E-state index in [4.69, 9.17) is 15.7 Å². The van der Waals surface area contributed by atoms with Crippen LogP contribution in [0.2, 0.25) is 0 Å². The Hall–Kier alpha value is -5.22. The van der Waals surface area contributed by atoms with Crippen molar-refractivity contribution in [3.63, 3.8) is 0 Å². The summed E-state index contributed by atoms with van der Waals surface area (Å²) in [4.78, 5) is 10.4. The Balaban J connectivity index is 1.31. The van der Waals surface area contributed by atoms with Crippen LogP contribution in [0.5, 0.6) is 0 Å². The van der Waals surface area contributed by atoms with Crippen molar-refractivity contribution in [3.8, 4) is 11.1 Å². The first-order chi connectivity index (χ1) is 20.6. The van der Waals surface area contributed by atoms with Crippen LogP contribution in [0.1, 0.15) is 47.3 Å². The Bertz CT molecular complexity index is 1940. The van der Waals surface area contributed by atoms with Crippen LogP contribution in [-0.2, 0) is 6.42 Å². The summed E-state index contributed by atoms with van der Waals surface area (Å²) in [5.74, 6) is 1.72. The van der Waals surface area contributed by atoms with E-state index < -0.39 is 0 Å². The second kappa shape index (κ2) is 11.0. The van der Waals surface area contributed by atoms with Crippen molar-refractivity contribution in [1.82, 2.24) is 5.32 Å². The molecule has 204 valence electrons. The maximum absolute atomic E-state index is 6.37. The van der Waals surface area contributed by atoms with Gasteiger partial charge in [-0.25, -0.2) is 9.98 Å². The fourth-order valence-corrected chi connectivity index (χ4v) is 5.83. The molecule has 4 nitrogen and oxygen atoms in total. The van der Waals surface area contributed by atoms with E-state index in [2.05, 4.69) is 115 Å². The molecule has 5 aromatic rings. The predicted octanol–water partition coefficient (Wildman–Crippen LogP) is 8.60. The van der Waals surface area contributed by atoms with Crippen LogP contribution in [0.4, 0.5) is 5.69 Å². The van der Waals surface area contributed by atoms with E-state index in [0.29, 0.717) is 0 Å². The zero-order chi connectivity index (χ0) is 28.5. The van der Waals surface area contributed by atoms with E-state index in [1.807, 2.05) is 25.1 Å². The molecule has 0 saturated heterocycles. The van der Waals surface area contributed by atoms with Crippen molar-refractivity contribution in [3.05, 3.63) is 149 Å². The number of aliphatic imine (C=N–C) groups is 2. The molecular formula is C38H32N4. The minimum absolute atomic E-state index is 0.375. The molecule has 5 aromatic carbocycles. The van der Waals surface area contributed by atoms with Gasteiger partial charge >= 0.3 is 0 Å². The summed E-state index contributed by atoms with van der Waals surface area (Å²) in [7, 11) is 0. The number of hydrogen-bond donors (Lipinski definition) is 2. The number of aryl methyl sites for hydroxylation is 1. The Morgan fingerprint density at radius 1 is 0.714 bits per heavy atom. The third-order valence-corrected chi connectivity index (χ3v) is 8.07. The maximum atomic E-state index is 6.37. The molecule has 3 N–H and O–H groups in total. The molecule has 1 heterocycles. The number of nitrogen functional groups attached to an aromatic ring is 1. The van der Waals surface area contributed by atoms with Gasteiger partial charge in [0.15, 0.2) is 6.17 Å². The van der Waals surface area contributed by atoms with Crippen molar-refractivity contribution in [2.45, 2.75) is 25.9 Å². The van der Waals surface area contributed by atoms with Gasteiger partial charge in [-0.2, -0.15) is 0 Å². The second-order valence-corrected chi connectivity index (χ2v) is 10.9. The molecule has 0 amide bonds. The number of benzene rings is 5. The van der Waals surface area contributed by atoms with E-state index in [9.17, 15) is 0 Å². The van der Waals surface area contributed by atoms with Crippen molar-refractivity contribution >= 4 is 40.3 Å². The van der Waals surface area contributed by atoms with Crippen molar-refractivity contribution in [2.24, 2.45) is 9.98 Å². The highest BCUT2D eigenvalue weighted by Crippen LogP contribution is 2.32. The number of hydrogen-bond acceptors (Lipinski definition) is 4. The fourth-order valence-electron chi connectivity index (χ4n) is 5.83. The standard InChI is InChI=1S/C38H32N4/c1-2-8-27-17-18-31(24-35(27)39)30-13-7-14-32(23-30)36-40-37(33-19-15-25-9-3-5-11-28(25)21-33)42-38(41-36)34-20-16-26-10-4-6-12-29(26)22-34/h2-15,17-19,21-24,36H,16,20,39H2,1H3,(H,40,41,42)/b8-2-. The molecule has 42 heavy (non-hydrogen) atoms. The number of rotatable bonds is 5. The van der Waals surface area contributed by atoms with Crippen LogP contribution in [0.15, 0.2) is 131 Å². The number of anilines is 1. The topological polar surface area (TPSA) is 62.8 Å². The van der Waals surface area contributed by atoms with Gasteiger partial charge in [-0.15, -0.1) is 0 Å². The molecule has 1 atom stereocenters. The van der Waals surface area contributed by atoms with Gasteiger partial charge in [0.05, 0.1) is 0 Å². The van der Waals surface area contributed by atoms with Crippen LogP contribution >= 0.6 is 0 Å². The first kappa shape index (κ1) is 25.7. The summed E-state index contributed by atoms with van der Waals surface area (Å²) in [6.07, 6.45) is 7.86. The number of nitrogens with two attached hydrogens (primary N) is 1. The van der Waals surface area contributed by atoms with Crippen molar-refractivity contribution < 1.29 is 0 Å². The third-order valence-electron chi connectivity index (χ3n) is 8.07. The van der Waals surface area contributed by atoms with Gasteiger partial charge in [-0.05, 0) is 93.8 Å². The molecule has 0 radical (unpaired) electrons. The van der Waals surface area contributed by atoms with Crippen molar-refractivity contribution in [1.29, 1.82) is 0 Å². The van der Waals surface area contributed by atoms with Gasteiger partial charge in [0.2, 0.25) is 0 Å². The Morgan fingerprint density at radius 3 is 2.38 bits per heavy atom. The SMILES string of the molecule is C/C=C\c1ccc(-c2cccc(C3N=C(C4=Cc5ccccc5CC4)NC(c4ccc5ccccc5c4)=N3)c2)cc1N. The molecule has 0 fully saturated rings. The van der Waals surface area contributed by atoms with E-state index >= 15 is 0 Å². The van der Waals surface area contributed by atoms with Crippen LogP contribution in [-0.4, -0.2) is 11.7 Å². The molecule has 2 aliphatic rings. The van der Waals surface area contributed by atoms with Gasteiger partial charge < -0.3 is 11.1 Å². The summed E-state index contributed by atoms with van der Waals surface area (Å²) >= 11 is 0. The summed E-state index contributed by atoms with van der Waals surface area (Å²) < 4.78 is 0. The summed E-state index contributed by atoms with van der Waals surface area (Å²) in [6.45, 7) is 2.00. The molecule has 0 spiro atoms. The molecule has 0 saturated carbocycles. The second-order valence-electron chi connectivity index (χ2n) is 10.9. The first-order valence-corrected chi connectivity index (χ1v) is 14.5. The predicted molar refractivity (Wildman–Crippen MR) is 178 cm³/mol. The average molecular weight is 545 g/mol. The first-order valence-electron chi connectivity index (χ1n) is 14.5. The van der Waals surface area contributed by atoms with E-state index in [1.165, 1.54) is 27.5 Å². The quantitative estimate of drug-likeness (QED) is 0.218. The smallest absolute Gasteiger partial charge is 0.169 e. The van der Waals surface area contributed by atoms with Gasteiger partial charge in [-0.3, -0.25) is 0 Å². The molecule has 1 aliphatic carbocycles. The highest BCUT2D eigenvalue weighted by atomic mass is 15.2. The van der Waals surface area contributed by atoms with Crippen LogP contribution < -0.4 is 11.1 Å². The number of nitrogens with one attached hydrogen (secondary N) is 1. The zero-order valence-electron chi connectivity index (χ0n) is 23.6. The largest absolute Gasteiger partial charge is 0.398 e. The number of allylic oxidation sites excluding steroid dienone is 1. The summed E-state index contributed by atoms with van der Waals surface area (Å²) in [5, 5.41) is 6.01. The van der Waals surface area contributed by atoms with Gasteiger partial charge in [0.1, 0.15) is 11.7 Å². The van der Waals surface area contributed by atoms with Gasteiger partial charge in [0, 0.05) is 11.3 Å². The van der Waals surface area contributed by atoms with Crippen LogP contribution in [0.25, 0.3) is 34.1 Å². The Morgan fingerprint density at radius 2 is 1.50 bits per heavy atom. The molecule has 0 aromatic heterocycles. The lowest BCUT2D eigenvalue weighted by Gasteiger charge is -2.26. The lowest BCUT2D eigenvalue weighted by Crippen LogP contribution is -2.37. The molecule has 1 unspecified atom stereocenters. The number of fused-ring (bicyclic) bond motifs is 2.